The van der Waals surface area contributed by atoms with Crippen molar-refractivity contribution in [2.75, 3.05) is 13.4 Å². The summed E-state index contributed by atoms with van der Waals surface area (Å²) in [6.07, 6.45) is -11.6. The van der Waals surface area contributed by atoms with Crippen LogP contribution in [0.1, 0.15) is 0 Å². The Kier molecular flexibility index (Phi) is 4.42. The van der Waals surface area contributed by atoms with Gasteiger partial charge in [-0.2, -0.15) is 17.6 Å². The van der Waals surface area contributed by atoms with Crippen molar-refractivity contribution in [3.05, 3.63) is 0 Å². The van der Waals surface area contributed by atoms with E-state index >= 15 is 0 Å². The van der Waals surface area contributed by atoms with Gasteiger partial charge >= 0.3 is 24.7 Å². The predicted octanol–water partition coefficient (Wildman–Crippen LogP) is 2.78. The molecule has 0 aromatic carbocycles. The van der Waals surface area contributed by atoms with Crippen LogP contribution in [0.15, 0.2) is 0 Å². The van der Waals surface area contributed by atoms with Crippen molar-refractivity contribution in [3.8, 4) is 0 Å². The highest BCUT2D eigenvalue weighted by atomic mass is 19.3. The zero-order valence-corrected chi connectivity index (χ0v) is 8.56. The molecular formula is C8H8F8O2. The molecule has 0 radical (unpaired) electrons. The zero-order valence-electron chi connectivity index (χ0n) is 8.56. The normalized spacial score (nSPS) is 27.0. The van der Waals surface area contributed by atoms with Crippen molar-refractivity contribution in [1.29, 1.82) is 0 Å². The van der Waals surface area contributed by atoms with E-state index in [2.05, 4.69) is 9.47 Å². The monoisotopic (exact) mass is 288 g/mol. The smallest absolute Gasteiger partial charge is 0.333 e. The second-order valence-corrected chi connectivity index (χ2v) is 3.63. The Morgan fingerprint density at radius 1 is 0.889 bits per heavy atom. The minimum atomic E-state index is -4.97. The number of hydrogen-bond acceptors (Lipinski definition) is 2. The topological polar surface area (TPSA) is 18.5 Å². The Labute approximate surface area is 95.8 Å². The number of rotatable bonds is 4. The molecule has 0 N–H and O–H groups in total. The molecule has 1 aliphatic rings. The van der Waals surface area contributed by atoms with E-state index in [4.69, 9.17) is 0 Å². The Hall–Kier alpha value is -0.640. The van der Waals surface area contributed by atoms with Crippen LogP contribution in [0, 0.1) is 5.92 Å². The van der Waals surface area contributed by atoms with Crippen molar-refractivity contribution < 1.29 is 44.6 Å². The van der Waals surface area contributed by atoms with E-state index in [1.807, 2.05) is 0 Å². The standard InChI is InChI=1S/C8H8F8O2/c9-5(10)7(13,14)3-1-17-2-18-4(3)8(15,16)6(11)12/h3-6H,1-2H2. The Morgan fingerprint density at radius 3 is 1.83 bits per heavy atom. The summed E-state index contributed by atoms with van der Waals surface area (Å²) in [7, 11) is 0. The first-order valence-corrected chi connectivity index (χ1v) is 4.63. The molecule has 0 spiro atoms. The molecule has 1 rings (SSSR count). The fourth-order valence-electron chi connectivity index (χ4n) is 1.48. The maximum Gasteiger partial charge on any atom is 0.333 e. The molecule has 0 bridgehead atoms. The molecule has 2 nitrogen and oxygen atoms in total. The van der Waals surface area contributed by atoms with Crippen molar-refractivity contribution in [1.82, 2.24) is 0 Å². The summed E-state index contributed by atoms with van der Waals surface area (Å²) in [4.78, 5) is 0. The van der Waals surface area contributed by atoms with Crippen molar-refractivity contribution >= 4 is 0 Å². The minimum absolute atomic E-state index is 0.942. The number of alkyl halides is 8. The number of ether oxygens (including phenoxy) is 2. The van der Waals surface area contributed by atoms with Crippen LogP contribution in [0.25, 0.3) is 0 Å². The molecule has 0 aromatic heterocycles. The summed E-state index contributed by atoms with van der Waals surface area (Å²) >= 11 is 0. The molecule has 1 fully saturated rings. The van der Waals surface area contributed by atoms with Gasteiger partial charge < -0.3 is 9.47 Å². The summed E-state index contributed by atoms with van der Waals surface area (Å²) in [6.45, 7) is -2.16. The first-order chi connectivity index (χ1) is 8.11. The lowest BCUT2D eigenvalue weighted by atomic mass is 9.90. The molecule has 10 heteroatoms. The molecule has 2 atom stereocenters. The lowest BCUT2D eigenvalue weighted by molar-refractivity contribution is -0.317. The average molecular weight is 288 g/mol. The second-order valence-electron chi connectivity index (χ2n) is 3.63. The van der Waals surface area contributed by atoms with Crippen LogP contribution in [-0.2, 0) is 9.47 Å². The van der Waals surface area contributed by atoms with Crippen LogP contribution >= 0.6 is 0 Å². The summed E-state index contributed by atoms with van der Waals surface area (Å²) in [5.74, 6) is -12.7. The van der Waals surface area contributed by atoms with Crippen molar-refractivity contribution in [3.63, 3.8) is 0 Å². The fourth-order valence-corrected chi connectivity index (χ4v) is 1.48. The van der Waals surface area contributed by atoms with E-state index in [9.17, 15) is 35.1 Å². The van der Waals surface area contributed by atoms with Gasteiger partial charge in [-0.25, -0.2) is 17.6 Å². The molecule has 1 heterocycles. The molecule has 18 heavy (non-hydrogen) atoms. The zero-order chi connectivity index (χ0) is 14.1. The highest BCUT2D eigenvalue weighted by molar-refractivity contribution is 4.95. The van der Waals surface area contributed by atoms with Gasteiger partial charge in [0.25, 0.3) is 0 Å². The molecule has 1 aliphatic heterocycles. The quantitative estimate of drug-likeness (QED) is 0.741. The molecule has 2 unspecified atom stereocenters. The van der Waals surface area contributed by atoms with Crippen LogP contribution in [0.3, 0.4) is 0 Å². The van der Waals surface area contributed by atoms with Crippen molar-refractivity contribution in [2.24, 2.45) is 5.92 Å². The van der Waals surface area contributed by atoms with Gasteiger partial charge in [-0.15, -0.1) is 0 Å². The van der Waals surface area contributed by atoms with Gasteiger partial charge in [-0.05, 0) is 0 Å². The molecule has 108 valence electrons. The van der Waals surface area contributed by atoms with Gasteiger partial charge in [0.1, 0.15) is 12.9 Å². The van der Waals surface area contributed by atoms with E-state index in [-0.39, 0.29) is 0 Å². The maximum absolute atomic E-state index is 13.0. The molecular weight excluding hydrogens is 280 g/mol. The second kappa shape index (κ2) is 5.16. The van der Waals surface area contributed by atoms with Crippen LogP contribution in [0.5, 0.6) is 0 Å². The van der Waals surface area contributed by atoms with Gasteiger partial charge in [-0.1, -0.05) is 0 Å². The van der Waals surface area contributed by atoms with Crippen LogP contribution in [-0.4, -0.2) is 44.2 Å². The van der Waals surface area contributed by atoms with Crippen LogP contribution in [0.4, 0.5) is 35.1 Å². The van der Waals surface area contributed by atoms with E-state index < -0.39 is 50.1 Å². The first kappa shape index (κ1) is 15.4. The maximum atomic E-state index is 13.0. The van der Waals surface area contributed by atoms with E-state index in [0.717, 1.165) is 0 Å². The van der Waals surface area contributed by atoms with E-state index in [1.165, 1.54) is 0 Å². The lowest BCUT2D eigenvalue weighted by Gasteiger charge is -2.39. The predicted molar refractivity (Wildman–Crippen MR) is 41.1 cm³/mol. The molecule has 0 saturated carbocycles. The third-order valence-electron chi connectivity index (χ3n) is 2.45. The number of halogens is 8. The van der Waals surface area contributed by atoms with Gasteiger partial charge in [0.2, 0.25) is 0 Å². The van der Waals surface area contributed by atoms with E-state index in [1.54, 1.807) is 0 Å². The molecule has 0 amide bonds. The summed E-state index contributed by atoms with van der Waals surface area (Å²) in [6, 6.07) is 0. The first-order valence-electron chi connectivity index (χ1n) is 4.63. The van der Waals surface area contributed by atoms with E-state index in [0.29, 0.717) is 0 Å². The summed E-state index contributed by atoms with van der Waals surface area (Å²) in [5, 5.41) is 0. The summed E-state index contributed by atoms with van der Waals surface area (Å²) in [5.41, 5.74) is 0. The van der Waals surface area contributed by atoms with Gasteiger partial charge in [0.15, 0.2) is 0 Å². The van der Waals surface area contributed by atoms with Crippen molar-refractivity contribution in [2.45, 2.75) is 30.8 Å². The fraction of sp³-hybridized carbons (Fsp3) is 1.00. The minimum Gasteiger partial charge on any atom is -0.355 e. The molecule has 0 aliphatic carbocycles. The van der Waals surface area contributed by atoms with Gasteiger partial charge in [0, 0.05) is 0 Å². The SMILES string of the molecule is FC(F)C(F)(F)C1COCOC1C(F)(F)C(F)F. The van der Waals surface area contributed by atoms with Gasteiger partial charge in [0.05, 0.1) is 12.5 Å². The largest absolute Gasteiger partial charge is 0.355 e. The number of hydrogen-bond donors (Lipinski definition) is 0. The Morgan fingerprint density at radius 2 is 1.39 bits per heavy atom. The highest BCUT2D eigenvalue weighted by Crippen LogP contribution is 2.43. The Balaban J connectivity index is 3.01. The highest BCUT2D eigenvalue weighted by Gasteiger charge is 2.63. The van der Waals surface area contributed by atoms with Crippen LogP contribution in [0.2, 0.25) is 0 Å². The average Bonchev–Trinajstić information content (AvgIpc) is 2.28. The third kappa shape index (κ3) is 2.68. The lowest BCUT2D eigenvalue weighted by Crippen LogP contribution is -2.57. The molecule has 0 aromatic rings. The summed E-state index contributed by atoms with van der Waals surface area (Å²) < 4.78 is 108. The Bertz CT molecular complexity index is 254. The third-order valence-corrected chi connectivity index (χ3v) is 2.45. The van der Waals surface area contributed by atoms with Crippen LogP contribution < -0.4 is 0 Å². The molecule has 1 saturated heterocycles. The van der Waals surface area contributed by atoms with Gasteiger partial charge in [-0.3, -0.25) is 0 Å².